The maximum absolute atomic E-state index is 5.84. The highest BCUT2D eigenvalue weighted by Crippen LogP contribution is 2.29. The van der Waals surface area contributed by atoms with Gasteiger partial charge in [0.25, 0.3) is 0 Å². The standard InChI is InChI=1S/C15H16BrNO3/c16-13-9-14-11(2-1-4-17-14)8-15(13)20-5-3-12-10-18-6-7-19-12/h1-2,4,8-9,12H,3,5-7,10H2. The molecule has 2 aromatic rings. The van der Waals surface area contributed by atoms with E-state index in [0.717, 1.165) is 27.5 Å². The average Bonchev–Trinajstić information content (AvgIpc) is 2.49. The maximum Gasteiger partial charge on any atom is 0.134 e. The molecule has 0 saturated carbocycles. The minimum absolute atomic E-state index is 0.143. The van der Waals surface area contributed by atoms with Crippen molar-refractivity contribution < 1.29 is 14.2 Å². The second-order valence-electron chi connectivity index (χ2n) is 4.68. The number of halogens is 1. The molecule has 0 amide bonds. The topological polar surface area (TPSA) is 40.6 Å². The molecule has 1 unspecified atom stereocenters. The van der Waals surface area contributed by atoms with Crippen molar-refractivity contribution in [1.29, 1.82) is 0 Å². The lowest BCUT2D eigenvalue weighted by Crippen LogP contribution is -2.29. The lowest BCUT2D eigenvalue weighted by molar-refractivity contribution is -0.0935. The Hall–Kier alpha value is -1.17. The van der Waals surface area contributed by atoms with Crippen LogP contribution in [0.5, 0.6) is 5.75 Å². The van der Waals surface area contributed by atoms with Crippen LogP contribution in [0.4, 0.5) is 0 Å². The predicted molar refractivity (Wildman–Crippen MR) is 80.1 cm³/mol. The third-order valence-electron chi connectivity index (χ3n) is 3.24. The van der Waals surface area contributed by atoms with Gasteiger partial charge in [0.05, 0.1) is 42.5 Å². The first-order valence-corrected chi connectivity index (χ1v) is 7.48. The largest absolute Gasteiger partial charge is 0.492 e. The summed E-state index contributed by atoms with van der Waals surface area (Å²) in [4.78, 5) is 4.31. The van der Waals surface area contributed by atoms with Crippen molar-refractivity contribution in [2.45, 2.75) is 12.5 Å². The van der Waals surface area contributed by atoms with Crippen LogP contribution in [0.3, 0.4) is 0 Å². The van der Waals surface area contributed by atoms with E-state index in [0.29, 0.717) is 26.4 Å². The van der Waals surface area contributed by atoms with Crippen molar-refractivity contribution in [3.8, 4) is 5.75 Å². The normalized spacial score (nSPS) is 19.1. The van der Waals surface area contributed by atoms with E-state index in [4.69, 9.17) is 14.2 Å². The van der Waals surface area contributed by atoms with Crippen LogP contribution in [0.25, 0.3) is 10.9 Å². The summed E-state index contributed by atoms with van der Waals surface area (Å²) >= 11 is 3.52. The lowest BCUT2D eigenvalue weighted by atomic mass is 10.2. The van der Waals surface area contributed by atoms with Crippen molar-refractivity contribution in [3.63, 3.8) is 0 Å². The molecule has 3 rings (SSSR count). The summed E-state index contributed by atoms with van der Waals surface area (Å²) in [7, 11) is 0. The first kappa shape index (κ1) is 13.8. The quantitative estimate of drug-likeness (QED) is 0.859. The number of benzene rings is 1. The maximum atomic E-state index is 5.84. The predicted octanol–water partition coefficient (Wildman–Crippen LogP) is 3.18. The molecule has 0 radical (unpaired) electrons. The van der Waals surface area contributed by atoms with Crippen LogP contribution in [0.2, 0.25) is 0 Å². The van der Waals surface area contributed by atoms with E-state index in [-0.39, 0.29) is 6.10 Å². The number of pyridine rings is 1. The van der Waals surface area contributed by atoms with Gasteiger partial charge in [-0.05, 0) is 34.1 Å². The highest BCUT2D eigenvalue weighted by Gasteiger charge is 2.14. The molecule has 2 heterocycles. The van der Waals surface area contributed by atoms with Gasteiger partial charge in [0.15, 0.2) is 0 Å². The van der Waals surface area contributed by atoms with Gasteiger partial charge in [-0.15, -0.1) is 0 Å². The van der Waals surface area contributed by atoms with Gasteiger partial charge in [-0.2, -0.15) is 0 Å². The van der Waals surface area contributed by atoms with E-state index in [9.17, 15) is 0 Å². The Labute approximate surface area is 126 Å². The molecule has 1 fully saturated rings. The van der Waals surface area contributed by atoms with Gasteiger partial charge in [-0.1, -0.05) is 6.07 Å². The van der Waals surface area contributed by atoms with Crippen LogP contribution in [0.1, 0.15) is 6.42 Å². The fourth-order valence-corrected chi connectivity index (χ4v) is 2.63. The van der Waals surface area contributed by atoms with E-state index in [1.54, 1.807) is 6.20 Å². The van der Waals surface area contributed by atoms with Crippen LogP contribution in [-0.2, 0) is 9.47 Å². The molecule has 0 bridgehead atoms. The number of fused-ring (bicyclic) bond motifs is 1. The minimum atomic E-state index is 0.143. The Morgan fingerprint density at radius 2 is 2.30 bits per heavy atom. The van der Waals surface area contributed by atoms with E-state index >= 15 is 0 Å². The van der Waals surface area contributed by atoms with Crippen molar-refractivity contribution in [3.05, 3.63) is 34.9 Å². The number of ether oxygens (including phenoxy) is 3. The number of hydrogen-bond acceptors (Lipinski definition) is 4. The van der Waals surface area contributed by atoms with Crippen molar-refractivity contribution in [2.75, 3.05) is 26.4 Å². The first-order chi connectivity index (χ1) is 9.83. The van der Waals surface area contributed by atoms with Crippen LogP contribution >= 0.6 is 15.9 Å². The Morgan fingerprint density at radius 1 is 1.35 bits per heavy atom. The van der Waals surface area contributed by atoms with E-state index in [2.05, 4.69) is 20.9 Å². The molecular weight excluding hydrogens is 322 g/mol. The van der Waals surface area contributed by atoms with Gasteiger partial charge in [0.1, 0.15) is 5.75 Å². The SMILES string of the molecule is Brc1cc2ncccc2cc1OCCC1COCCO1. The Bertz CT molecular complexity index is 584. The van der Waals surface area contributed by atoms with Crippen molar-refractivity contribution >= 4 is 26.8 Å². The molecule has 1 aliphatic rings. The summed E-state index contributed by atoms with van der Waals surface area (Å²) in [5.41, 5.74) is 0.954. The fraction of sp³-hybridized carbons (Fsp3) is 0.400. The van der Waals surface area contributed by atoms with Crippen LogP contribution in [-0.4, -0.2) is 37.5 Å². The average molecular weight is 338 g/mol. The van der Waals surface area contributed by atoms with E-state index < -0.39 is 0 Å². The van der Waals surface area contributed by atoms with Gasteiger partial charge >= 0.3 is 0 Å². The molecular formula is C15H16BrNO3. The second-order valence-corrected chi connectivity index (χ2v) is 5.54. The number of nitrogens with zero attached hydrogens (tertiary/aromatic N) is 1. The first-order valence-electron chi connectivity index (χ1n) is 6.69. The van der Waals surface area contributed by atoms with Gasteiger partial charge in [0.2, 0.25) is 0 Å². The summed E-state index contributed by atoms with van der Waals surface area (Å²) in [6.45, 7) is 2.64. The van der Waals surface area contributed by atoms with Crippen LogP contribution in [0.15, 0.2) is 34.9 Å². The number of aromatic nitrogens is 1. The zero-order valence-electron chi connectivity index (χ0n) is 11.0. The van der Waals surface area contributed by atoms with Crippen LogP contribution < -0.4 is 4.74 Å². The summed E-state index contributed by atoms with van der Waals surface area (Å²) in [6, 6.07) is 7.93. The molecule has 20 heavy (non-hydrogen) atoms. The molecule has 1 aromatic carbocycles. The van der Waals surface area contributed by atoms with Crippen LogP contribution in [0, 0.1) is 0 Å². The Kier molecular flexibility index (Phi) is 4.50. The smallest absolute Gasteiger partial charge is 0.134 e. The van der Waals surface area contributed by atoms with Gasteiger partial charge in [-0.3, -0.25) is 4.98 Å². The monoisotopic (exact) mass is 337 g/mol. The highest BCUT2D eigenvalue weighted by atomic mass is 79.9. The molecule has 5 heteroatoms. The van der Waals surface area contributed by atoms with E-state index in [1.165, 1.54) is 0 Å². The van der Waals surface area contributed by atoms with Gasteiger partial charge < -0.3 is 14.2 Å². The minimum Gasteiger partial charge on any atom is -0.492 e. The molecule has 1 aliphatic heterocycles. The summed E-state index contributed by atoms with van der Waals surface area (Å²) in [6.07, 6.45) is 2.76. The lowest BCUT2D eigenvalue weighted by Gasteiger charge is -2.22. The molecule has 1 aromatic heterocycles. The third-order valence-corrected chi connectivity index (χ3v) is 3.86. The second kappa shape index (κ2) is 6.52. The van der Waals surface area contributed by atoms with E-state index in [1.807, 2.05) is 24.3 Å². The molecule has 1 saturated heterocycles. The third kappa shape index (κ3) is 3.29. The van der Waals surface area contributed by atoms with Gasteiger partial charge in [0, 0.05) is 18.0 Å². The molecule has 106 valence electrons. The number of hydrogen-bond donors (Lipinski definition) is 0. The highest BCUT2D eigenvalue weighted by molar-refractivity contribution is 9.10. The molecule has 0 aliphatic carbocycles. The Morgan fingerprint density at radius 3 is 3.15 bits per heavy atom. The Balaban J connectivity index is 1.63. The molecule has 1 atom stereocenters. The number of rotatable bonds is 4. The fourth-order valence-electron chi connectivity index (χ4n) is 2.19. The van der Waals surface area contributed by atoms with Gasteiger partial charge in [-0.25, -0.2) is 0 Å². The zero-order valence-corrected chi connectivity index (χ0v) is 12.6. The van der Waals surface area contributed by atoms with Crippen molar-refractivity contribution in [2.24, 2.45) is 0 Å². The summed E-state index contributed by atoms with van der Waals surface area (Å²) < 4.78 is 17.7. The molecule has 4 nitrogen and oxygen atoms in total. The zero-order chi connectivity index (χ0) is 13.8. The molecule has 0 N–H and O–H groups in total. The summed E-state index contributed by atoms with van der Waals surface area (Å²) in [5.74, 6) is 0.835. The van der Waals surface area contributed by atoms with Crippen molar-refractivity contribution in [1.82, 2.24) is 4.98 Å². The molecule has 0 spiro atoms. The summed E-state index contributed by atoms with van der Waals surface area (Å²) in [5, 5.41) is 1.07.